The van der Waals surface area contributed by atoms with Crippen molar-refractivity contribution in [3.8, 4) is 56.4 Å². The largest absolute Gasteiger partial charge is 0.465 e. The van der Waals surface area contributed by atoms with E-state index in [0.29, 0.717) is 50.6 Å². The van der Waals surface area contributed by atoms with Crippen LogP contribution in [0, 0.1) is 13.8 Å². The molecule has 16 nitrogen and oxygen atoms in total. The summed E-state index contributed by atoms with van der Waals surface area (Å²) in [6.07, 6.45) is 2.30. The second-order valence-electron chi connectivity index (χ2n) is 18.3. The van der Waals surface area contributed by atoms with Crippen LogP contribution in [-0.4, -0.2) is 40.4 Å². The number of amides is 4. The van der Waals surface area contributed by atoms with Crippen molar-refractivity contribution in [2.75, 3.05) is 10.6 Å². The average molecular weight is 998 g/mol. The number of imide groups is 1. The monoisotopic (exact) mass is 997 g/mol. The summed E-state index contributed by atoms with van der Waals surface area (Å²) in [7, 11) is 0. The molecular weight excluding hydrogens is 947 g/mol. The van der Waals surface area contributed by atoms with Crippen molar-refractivity contribution in [2.24, 2.45) is 0 Å². The van der Waals surface area contributed by atoms with Gasteiger partial charge in [-0.3, -0.25) is 29.3 Å². The SMILES string of the molecule is C=COc1ccc2c(-c3ccc(NC(=O)CCCC(=O)ON4C(=O)CCC4=O)cc3C)c3ccc(=O)cc-3oc2c1.C=COc1ccc2c(-c3ccc(NC(=O)OC(C)(C)C)cc3C)c3ccc(=O)cc-3oc2c1. The van der Waals surface area contributed by atoms with E-state index in [-0.39, 0.29) is 48.9 Å². The molecule has 4 amide bonds. The molecule has 0 aromatic heterocycles. The van der Waals surface area contributed by atoms with Gasteiger partial charge in [-0.1, -0.05) is 25.3 Å². The highest BCUT2D eigenvalue weighted by molar-refractivity contribution is 6.05. The standard InChI is InChI=1S/C31H26N2O8.C27H25NO5/c1-3-39-21-9-12-24-26(17-21)40-25-16-20(34)8-11-23(25)31(24)22-10-7-19(15-18(22)2)32-27(35)5-4-6-30(38)41-33-28(36)13-14-29(33)37;1-6-31-19-9-12-22-24(15-19)32-23-14-18(29)8-11-21(23)25(22)20-10-7-17(13-16(20)2)28-26(30)33-27(3,4)5/h3,7-12,15-17H,1,4-6,13-14H2,2H3,(H,32,35);6-15H,1H2,2-5H3,(H,28,30). The molecule has 4 aromatic carbocycles. The average Bonchev–Trinajstić information content (AvgIpc) is 3.64. The molecule has 1 saturated heterocycles. The van der Waals surface area contributed by atoms with Crippen molar-refractivity contribution in [3.63, 3.8) is 0 Å². The Balaban J connectivity index is 0.000000202. The van der Waals surface area contributed by atoms with Gasteiger partial charge in [0.05, 0.1) is 12.5 Å². The number of nitrogens with one attached hydrogen (secondary N) is 2. The zero-order valence-corrected chi connectivity index (χ0v) is 41.3. The lowest BCUT2D eigenvalue weighted by molar-refractivity contribution is -0.197. The molecule has 0 unspecified atom stereocenters. The van der Waals surface area contributed by atoms with E-state index >= 15 is 0 Å². The summed E-state index contributed by atoms with van der Waals surface area (Å²) in [5, 5.41) is 7.78. The quantitative estimate of drug-likeness (QED) is 0.0626. The summed E-state index contributed by atoms with van der Waals surface area (Å²) in [5.74, 6) is -0.104. The van der Waals surface area contributed by atoms with Gasteiger partial charge in [0.15, 0.2) is 10.9 Å². The van der Waals surface area contributed by atoms with Crippen LogP contribution in [0.3, 0.4) is 0 Å². The number of aryl methyl sites for hydroxylation is 2. The van der Waals surface area contributed by atoms with Crippen LogP contribution >= 0.6 is 0 Å². The Kier molecular flexibility index (Phi) is 14.9. The number of hydrogen-bond acceptors (Lipinski definition) is 13. The van der Waals surface area contributed by atoms with Gasteiger partial charge in [-0.2, -0.15) is 0 Å². The lowest BCUT2D eigenvalue weighted by Gasteiger charge is -2.20. The summed E-state index contributed by atoms with van der Waals surface area (Å²) in [6.45, 7) is 16.5. The minimum absolute atomic E-state index is 0.0193. The Labute approximate surface area is 424 Å². The molecule has 0 spiro atoms. The maximum absolute atomic E-state index is 12.5. The van der Waals surface area contributed by atoms with Crippen molar-refractivity contribution in [1.82, 2.24) is 5.06 Å². The van der Waals surface area contributed by atoms with Gasteiger partial charge in [-0.05, 0) is 136 Å². The second kappa shape index (κ2) is 21.6. The van der Waals surface area contributed by atoms with Crippen molar-refractivity contribution >= 4 is 63.1 Å². The number of carbonyl (C=O) groups is 5. The number of benzene rings is 6. The zero-order chi connectivity index (χ0) is 52.8. The molecule has 0 bridgehead atoms. The fraction of sp³-hybridized carbons (Fsp3) is 0.190. The van der Waals surface area contributed by atoms with Crippen molar-refractivity contribution in [1.29, 1.82) is 0 Å². The lowest BCUT2D eigenvalue weighted by Crippen LogP contribution is -2.32. The predicted molar refractivity (Wildman–Crippen MR) is 280 cm³/mol. The number of carbonyl (C=O) groups excluding carboxylic acids is 5. The molecule has 3 aliphatic heterocycles. The molecule has 74 heavy (non-hydrogen) atoms. The molecule has 3 heterocycles. The van der Waals surface area contributed by atoms with Crippen LogP contribution in [-0.2, 0) is 28.8 Å². The fourth-order valence-corrected chi connectivity index (χ4v) is 8.51. The third kappa shape index (κ3) is 11.7. The summed E-state index contributed by atoms with van der Waals surface area (Å²) in [5.41, 5.74) is 8.45. The number of hydroxylamine groups is 2. The number of nitrogens with zero attached hydrogens (tertiary/aromatic N) is 1. The van der Waals surface area contributed by atoms with Gasteiger partial charge in [0.2, 0.25) is 5.91 Å². The van der Waals surface area contributed by atoms with Gasteiger partial charge in [0.25, 0.3) is 11.8 Å². The minimum atomic E-state index is -0.747. The molecule has 2 aliphatic carbocycles. The molecular formula is C58H51N3O13. The summed E-state index contributed by atoms with van der Waals surface area (Å²) < 4.78 is 28.2. The first kappa shape index (κ1) is 51.1. The Hall–Kier alpha value is -9.31. The van der Waals surface area contributed by atoms with E-state index in [1.807, 2.05) is 83.1 Å². The summed E-state index contributed by atoms with van der Waals surface area (Å²) in [4.78, 5) is 88.7. The number of hydrogen-bond donors (Lipinski definition) is 2. The van der Waals surface area contributed by atoms with Crippen LogP contribution in [0.4, 0.5) is 16.2 Å². The molecule has 0 atom stereocenters. The van der Waals surface area contributed by atoms with E-state index in [1.165, 1.54) is 36.8 Å². The first-order chi connectivity index (χ1) is 35.4. The van der Waals surface area contributed by atoms with Crippen LogP contribution in [0.1, 0.15) is 64.0 Å². The van der Waals surface area contributed by atoms with Crippen LogP contribution in [0.15, 0.2) is 153 Å². The number of rotatable bonds is 13. The van der Waals surface area contributed by atoms with Crippen molar-refractivity contribution < 1.29 is 51.9 Å². The number of anilines is 2. The van der Waals surface area contributed by atoms with Gasteiger partial charge in [0.1, 0.15) is 39.8 Å². The molecule has 2 N–H and O–H groups in total. The molecule has 0 saturated carbocycles. The Morgan fingerprint density at radius 1 is 0.608 bits per heavy atom. The van der Waals surface area contributed by atoms with E-state index < -0.39 is 29.5 Å². The van der Waals surface area contributed by atoms with E-state index in [0.717, 1.165) is 55.3 Å². The molecule has 5 aliphatic rings. The highest BCUT2D eigenvalue weighted by Gasteiger charge is 2.33. The van der Waals surface area contributed by atoms with Gasteiger partial charge in [-0.15, -0.1) is 5.06 Å². The van der Waals surface area contributed by atoms with Gasteiger partial charge >= 0.3 is 12.1 Å². The molecule has 16 heteroatoms. The van der Waals surface area contributed by atoms with Gasteiger partial charge < -0.3 is 33.2 Å². The van der Waals surface area contributed by atoms with Crippen LogP contribution in [0.2, 0.25) is 0 Å². The Morgan fingerprint density at radius 2 is 1.08 bits per heavy atom. The molecule has 9 rings (SSSR count). The Morgan fingerprint density at radius 3 is 1.54 bits per heavy atom. The van der Waals surface area contributed by atoms with Gasteiger partial charge in [-0.25, -0.2) is 9.59 Å². The molecule has 4 aromatic rings. The normalized spacial score (nSPS) is 12.3. The van der Waals surface area contributed by atoms with Gasteiger partial charge in [0, 0.05) is 94.3 Å². The number of fused-ring (bicyclic) bond motifs is 4. The van der Waals surface area contributed by atoms with Crippen LogP contribution in [0.5, 0.6) is 11.5 Å². The topological polar surface area (TPSA) is 210 Å². The first-order valence-electron chi connectivity index (χ1n) is 23.5. The fourth-order valence-electron chi connectivity index (χ4n) is 8.51. The zero-order valence-electron chi connectivity index (χ0n) is 41.3. The second-order valence-corrected chi connectivity index (χ2v) is 18.3. The number of ether oxygens (including phenoxy) is 3. The molecule has 0 radical (unpaired) electrons. The van der Waals surface area contributed by atoms with E-state index in [2.05, 4.69) is 23.8 Å². The first-order valence-corrected chi connectivity index (χ1v) is 23.5. The van der Waals surface area contributed by atoms with Crippen molar-refractivity contribution in [2.45, 2.75) is 72.3 Å². The molecule has 1 fully saturated rings. The van der Waals surface area contributed by atoms with E-state index in [9.17, 15) is 33.6 Å². The Bertz CT molecular complexity index is 3590. The maximum Gasteiger partial charge on any atom is 0.412 e. The van der Waals surface area contributed by atoms with E-state index in [1.54, 1.807) is 36.4 Å². The predicted octanol–water partition coefficient (Wildman–Crippen LogP) is 11.9. The summed E-state index contributed by atoms with van der Waals surface area (Å²) in [6, 6.07) is 31.5. The van der Waals surface area contributed by atoms with Crippen LogP contribution < -0.4 is 31.0 Å². The van der Waals surface area contributed by atoms with Crippen molar-refractivity contribution in [3.05, 3.63) is 166 Å². The lowest BCUT2D eigenvalue weighted by atomic mass is 9.91. The molecule has 376 valence electrons. The smallest absolute Gasteiger partial charge is 0.412 e. The minimum Gasteiger partial charge on any atom is -0.465 e. The third-order valence-electron chi connectivity index (χ3n) is 11.7. The van der Waals surface area contributed by atoms with E-state index in [4.69, 9.17) is 27.9 Å². The maximum atomic E-state index is 12.5. The highest BCUT2D eigenvalue weighted by Crippen LogP contribution is 2.44. The third-order valence-corrected chi connectivity index (χ3v) is 11.7. The summed E-state index contributed by atoms with van der Waals surface area (Å²) >= 11 is 0. The highest BCUT2D eigenvalue weighted by atomic mass is 16.7. The van der Waals surface area contributed by atoms with Crippen LogP contribution in [0.25, 0.3) is 66.8 Å².